The third-order valence-electron chi connectivity index (χ3n) is 4.85. The van der Waals surface area contributed by atoms with Gasteiger partial charge in [-0.15, -0.1) is 6.58 Å². The molecule has 0 saturated heterocycles. The van der Waals surface area contributed by atoms with Gasteiger partial charge in [0.25, 0.3) is 0 Å². The van der Waals surface area contributed by atoms with Gasteiger partial charge in [-0.25, -0.2) is 0 Å². The van der Waals surface area contributed by atoms with Gasteiger partial charge in [0.05, 0.1) is 13.2 Å². The molecule has 0 aromatic heterocycles. The van der Waals surface area contributed by atoms with Gasteiger partial charge in [0.1, 0.15) is 23.0 Å². The number of rotatable bonds is 12. The minimum absolute atomic E-state index is 0.0213. The van der Waals surface area contributed by atoms with Crippen molar-refractivity contribution >= 4 is 11.5 Å². The molecule has 1 heterocycles. The molecule has 0 saturated carbocycles. The number of ether oxygens (including phenoxy) is 3. The molecule has 5 nitrogen and oxygen atoms in total. The minimum atomic E-state index is -4.74. The molecule has 1 aromatic rings. The summed E-state index contributed by atoms with van der Waals surface area (Å²) < 4.78 is 128. The maximum atomic E-state index is 13.1. The molecule has 37 heavy (non-hydrogen) atoms. The number of alkyl halides is 9. The van der Waals surface area contributed by atoms with Crippen LogP contribution in [0, 0.1) is 11.8 Å². The number of halogens is 9. The van der Waals surface area contributed by atoms with Crippen molar-refractivity contribution in [2.75, 3.05) is 33.0 Å². The van der Waals surface area contributed by atoms with Crippen LogP contribution >= 0.6 is 0 Å². The molecule has 0 N–H and O–H groups in total. The van der Waals surface area contributed by atoms with Crippen LogP contribution in [0.3, 0.4) is 0 Å². The van der Waals surface area contributed by atoms with E-state index < -0.39 is 73.0 Å². The summed E-state index contributed by atoms with van der Waals surface area (Å²) in [5.74, 6) is -3.39. The van der Waals surface area contributed by atoms with Crippen molar-refractivity contribution in [2.45, 2.75) is 24.9 Å². The highest BCUT2D eigenvalue weighted by Gasteiger charge is 2.37. The van der Waals surface area contributed by atoms with Crippen molar-refractivity contribution in [3.63, 3.8) is 0 Å². The number of hydrogen-bond donors (Lipinski definition) is 0. The third kappa shape index (κ3) is 10.9. The van der Waals surface area contributed by atoms with Gasteiger partial charge in [0.2, 0.25) is 0 Å². The summed E-state index contributed by atoms with van der Waals surface area (Å²) in [7, 11) is 0. The van der Waals surface area contributed by atoms with E-state index in [1.54, 1.807) is 0 Å². The van der Waals surface area contributed by atoms with Crippen LogP contribution in [-0.4, -0.2) is 63.0 Å². The first-order chi connectivity index (χ1) is 17.1. The summed E-state index contributed by atoms with van der Waals surface area (Å²) in [6, 6.07) is 2.87. The number of hydrogen-bond acceptors (Lipinski definition) is 5. The van der Waals surface area contributed by atoms with Crippen LogP contribution in [0.4, 0.5) is 39.5 Å². The van der Waals surface area contributed by atoms with Gasteiger partial charge in [0.15, 0.2) is 13.2 Å². The van der Waals surface area contributed by atoms with Gasteiger partial charge in [-0.1, -0.05) is 12.2 Å². The predicted octanol–water partition coefficient (Wildman–Crippen LogP) is 5.69. The Hall–Kier alpha value is -3.03. The number of benzene rings is 1. The molecule has 0 fully saturated rings. The molecule has 1 aromatic carbocycles. The van der Waals surface area contributed by atoms with Crippen LogP contribution in [0.5, 0.6) is 11.5 Å². The Morgan fingerprint density at radius 2 is 1.57 bits per heavy atom. The fourth-order valence-electron chi connectivity index (χ4n) is 3.27. The normalized spacial score (nSPS) is 17.2. The summed E-state index contributed by atoms with van der Waals surface area (Å²) in [6.45, 7) is -0.633. The average molecular weight is 547 g/mol. The number of carbonyl (C=O) groups is 1. The third-order valence-corrected chi connectivity index (χ3v) is 4.85. The van der Waals surface area contributed by atoms with Crippen LogP contribution < -0.4 is 9.47 Å². The Morgan fingerprint density at radius 3 is 2.00 bits per heavy atom. The molecule has 0 radical (unpaired) electrons. The van der Waals surface area contributed by atoms with Gasteiger partial charge < -0.3 is 14.2 Å². The highest BCUT2D eigenvalue weighted by Crippen LogP contribution is 2.30. The lowest BCUT2D eigenvalue weighted by Crippen LogP contribution is -2.33. The number of Topliss-reactive ketones (excluding diaryl/α,β-unsaturated/α-hetero) is 1. The van der Waals surface area contributed by atoms with E-state index in [1.807, 2.05) is 0 Å². The van der Waals surface area contributed by atoms with E-state index in [4.69, 9.17) is 4.74 Å². The molecule has 206 valence electrons. The van der Waals surface area contributed by atoms with E-state index in [-0.39, 0.29) is 25.3 Å². The minimum Gasteiger partial charge on any atom is -0.484 e. The van der Waals surface area contributed by atoms with E-state index in [0.29, 0.717) is 0 Å². The molecular weight excluding hydrogens is 525 g/mol. The molecule has 0 amide bonds. The Bertz CT molecular complexity index is 961. The molecule has 2 rings (SSSR count). The maximum absolute atomic E-state index is 13.1. The number of allylic oxidation sites excluding steroid dienone is 1. The number of carbonyl (C=O) groups excluding carboxylic acids is 1. The van der Waals surface area contributed by atoms with Crippen LogP contribution in [-0.2, 0) is 16.0 Å². The van der Waals surface area contributed by atoms with E-state index in [0.717, 1.165) is 30.4 Å². The number of aliphatic imine (C=N–C) groups is 1. The highest BCUT2D eigenvalue weighted by atomic mass is 19.4. The smallest absolute Gasteiger partial charge is 0.432 e. The van der Waals surface area contributed by atoms with Crippen molar-refractivity contribution in [1.82, 2.24) is 0 Å². The second-order valence-electron chi connectivity index (χ2n) is 7.94. The van der Waals surface area contributed by atoms with Gasteiger partial charge in [-0.2, -0.15) is 39.5 Å². The van der Waals surface area contributed by atoms with E-state index in [9.17, 15) is 44.3 Å². The molecule has 0 spiro atoms. The number of ketones is 1. The first kappa shape index (κ1) is 30.2. The summed E-state index contributed by atoms with van der Waals surface area (Å²) in [5, 5.41) is 0. The lowest BCUT2D eigenvalue weighted by atomic mass is 9.85. The first-order valence-electron chi connectivity index (χ1n) is 10.6. The summed E-state index contributed by atoms with van der Waals surface area (Å²) in [5.41, 5.74) is -1.15. The molecule has 0 bridgehead atoms. The first-order valence-corrected chi connectivity index (χ1v) is 10.6. The average Bonchev–Trinajstić information content (AvgIpc) is 2.78. The largest absolute Gasteiger partial charge is 0.484 e. The summed E-state index contributed by atoms with van der Waals surface area (Å²) in [4.78, 5) is 16.6. The van der Waals surface area contributed by atoms with Crippen LogP contribution in [0.15, 0.2) is 48.0 Å². The van der Waals surface area contributed by atoms with E-state index in [1.165, 1.54) is 6.08 Å². The monoisotopic (exact) mass is 547 g/mol. The number of nitrogens with zero attached hydrogens (tertiary/aromatic N) is 1. The zero-order chi connectivity index (χ0) is 27.9. The van der Waals surface area contributed by atoms with Crippen molar-refractivity contribution in [3.05, 3.63) is 48.6 Å². The summed E-state index contributed by atoms with van der Waals surface area (Å²) in [6.07, 6.45) is -11.4. The molecule has 1 aliphatic heterocycles. The van der Waals surface area contributed by atoms with Crippen LogP contribution in [0.1, 0.15) is 5.56 Å². The van der Waals surface area contributed by atoms with E-state index in [2.05, 4.69) is 21.0 Å². The van der Waals surface area contributed by atoms with Crippen molar-refractivity contribution in [3.8, 4) is 11.5 Å². The topological polar surface area (TPSA) is 57.1 Å². The Labute approximate surface area is 205 Å². The van der Waals surface area contributed by atoms with Crippen molar-refractivity contribution < 1.29 is 58.5 Å². The van der Waals surface area contributed by atoms with Crippen LogP contribution in [0.25, 0.3) is 0 Å². The quantitative estimate of drug-likeness (QED) is 0.192. The molecule has 0 aliphatic carbocycles. The lowest BCUT2D eigenvalue weighted by Gasteiger charge is -2.25. The molecular formula is C23H22F9NO4. The molecule has 2 unspecified atom stereocenters. The second kappa shape index (κ2) is 12.5. The fraction of sp³-hybridized carbons (Fsp3) is 0.478. The predicted molar refractivity (Wildman–Crippen MR) is 114 cm³/mol. The Balaban J connectivity index is 2.26. The van der Waals surface area contributed by atoms with Gasteiger partial charge in [-0.05, 0) is 23.8 Å². The van der Waals surface area contributed by atoms with Gasteiger partial charge >= 0.3 is 18.5 Å². The molecule has 14 heteroatoms. The van der Waals surface area contributed by atoms with Crippen molar-refractivity contribution in [2.24, 2.45) is 16.8 Å². The lowest BCUT2D eigenvalue weighted by molar-refractivity contribution is -0.154. The zero-order valence-electron chi connectivity index (χ0n) is 19.1. The highest BCUT2D eigenvalue weighted by molar-refractivity contribution is 6.00. The zero-order valence-corrected chi connectivity index (χ0v) is 19.1. The Morgan fingerprint density at radius 1 is 1.00 bits per heavy atom. The van der Waals surface area contributed by atoms with E-state index >= 15 is 0 Å². The SMILES string of the molecule is C=CCOCC(C(=O)Cc1cc(OCC(F)(F)F)cc(OCC(F)(F)F)c1)C1C=CC(C(F)(F)F)=NC1. The Kier molecular flexibility index (Phi) is 10.2. The summed E-state index contributed by atoms with van der Waals surface area (Å²) >= 11 is 0. The second-order valence-corrected chi connectivity index (χ2v) is 7.94. The molecule has 2 atom stereocenters. The number of dihydropyridines is 1. The molecule has 1 aliphatic rings. The van der Waals surface area contributed by atoms with Crippen LogP contribution in [0.2, 0.25) is 0 Å². The standard InChI is InChI=1S/C23H22F9NO4/c1-2-5-35-11-18(15-3-4-20(33-10-15)23(30,31)32)19(34)8-14-6-16(36-12-21(24,25)26)9-17(7-14)37-13-22(27,28)29/h2-4,6-7,9,15,18H,1,5,8,10-13H2. The van der Waals surface area contributed by atoms with Gasteiger partial charge in [0, 0.05) is 30.9 Å². The van der Waals surface area contributed by atoms with Gasteiger partial charge in [-0.3, -0.25) is 9.79 Å². The fourth-order valence-corrected chi connectivity index (χ4v) is 3.27. The van der Waals surface area contributed by atoms with Crippen molar-refractivity contribution in [1.29, 1.82) is 0 Å². The maximum Gasteiger partial charge on any atom is 0.432 e.